The normalized spacial score (nSPS) is 23.7. The van der Waals surface area contributed by atoms with Gasteiger partial charge in [-0.2, -0.15) is 0 Å². The van der Waals surface area contributed by atoms with Gasteiger partial charge in [0.05, 0.1) is 17.5 Å². The van der Waals surface area contributed by atoms with Crippen LogP contribution < -0.4 is 0 Å². The molecule has 2 atom stereocenters. The molecule has 2 heterocycles. The van der Waals surface area contributed by atoms with Gasteiger partial charge in [0.15, 0.2) is 0 Å². The minimum atomic E-state index is -0.501. The van der Waals surface area contributed by atoms with Crippen molar-refractivity contribution in [2.75, 3.05) is 13.1 Å². The first kappa shape index (κ1) is 16.9. The molecule has 1 aromatic heterocycles. The number of carbonyl (C=O) groups excluding carboxylic acids is 1. The molecule has 1 amide bonds. The molecule has 3 rings (SSSR count). The molecule has 1 N–H and O–H groups in total. The van der Waals surface area contributed by atoms with Gasteiger partial charge in [-0.25, -0.2) is 14.8 Å². The smallest absolute Gasteiger partial charge is 0.410 e. The van der Waals surface area contributed by atoms with Gasteiger partial charge in [0.25, 0.3) is 0 Å². The summed E-state index contributed by atoms with van der Waals surface area (Å²) in [6.07, 6.45) is 4.20. The third-order valence-corrected chi connectivity index (χ3v) is 4.46. The van der Waals surface area contributed by atoms with E-state index in [1.165, 1.54) is 6.33 Å². The summed E-state index contributed by atoms with van der Waals surface area (Å²) < 4.78 is 5.42. The van der Waals surface area contributed by atoms with E-state index < -0.39 is 11.7 Å². The summed E-state index contributed by atoms with van der Waals surface area (Å²) >= 11 is 0. The number of aliphatic hydroxyl groups is 1. The number of amides is 1. The molecule has 1 aliphatic carbocycles. The van der Waals surface area contributed by atoms with Crippen molar-refractivity contribution in [1.29, 1.82) is 0 Å². The molecule has 0 unspecified atom stereocenters. The summed E-state index contributed by atoms with van der Waals surface area (Å²) in [5, 5.41) is 10.1. The number of carbonyl (C=O) groups is 1. The van der Waals surface area contributed by atoms with Crippen LogP contribution in [0, 0.1) is 0 Å². The third-order valence-electron chi connectivity index (χ3n) is 4.46. The van der Waals surface area contributed by atoms with Crippen molar-refractivity contribution >= 4 is 11.7 Å². The summed E-state index contributed by atoms with van der Waals surface area (Å²) in [4.78, 5) is 22.6. The molecule has 0 aromatic carbocycles. The van der Waals surface area contributed by atoms with Gasteiger partial charge in [-0.1, -0.05) is 13.0 Å². The molecule has 1 aromatic rings. The van der Waals surface area contributed by atoms with E-state index in [0.717, 1.165) is 28.9 Å². The Kier molecular flexibility index (Phi) is 4.34. The van der Waals surface area contributed by atoms with Crippen LogP contribution in [0.1, 0.15) is 69.5 Å². The third kappa shape index (κ3) is 3.29. The minimum absolute atomic E-state index is 0.246. The lowest BCUT2D eigenvalue weighted by molar-refractivity contribution is 0.0270. The average molecular weight is 331 g/mol. The zero-order valence-electron chi connectivity index (χ0n) is 14.7. The van der Waals surface area contributed by atoms with Crippen molar-refractivity contribution in [3.8, 4) is 0 Å². The second-order valence-corrected chi connectivity index (χ2v) is 7.58. The highest BCUT2D eigenvalue weighted by molar-refractivity contribution is 5.73. The zero-order chi connectivity index (χ0) is 17.5. The fraction of sp³-hybridized carbons (Fsp3) is 0.611. The van der Waals surface area contributed by atoms with Crippen LogP contribution in [0.4, 0.5) is 4.79 Å². The Morgan fingerprint density at radius 3 is 2.75 bits per heavy atom. The largest absolute Gasteiger partial charge is 0.444 e. The van der Waals surface area contributed by atoms with Gasteiger partial charge in [0.2, 0.25) is 0 Å². The predicted octanol–water partition coefficient (Wildman–Crippen LogP) is 3.04. The van der Waals surface area contributed by atoms with E-state index in [2.05, 4.69) is 16.9 Å². The fourth-order valence-electron chi connectivity index (χ4n) is 3.36. The predicted molar refractivity (Wildman–Crippen MR) is 90.4 cm³/mol. The summed E-state index contributed by atoms with van der Waals surface area (Å²) in [6.45, 7) is 8.82. The first-order valence-electron chi connectivity index (χ1n) is 8.46. The molecule has 0 spiro atoms. The van der Waals surface area contributed by atoms with E-state index in [1.807, 2.05) is 26.8 Å². The minimum Gasteiger partial charge on any atom is -0.444 e. The lowest BCUT2D eigenvalue weighted by Gasteiger charge is -2.29. The second kappa shape index (κ2) is 6.16. The van der Waals surface area contributed by atoms with Gasteiger partial charge in [0.1, 0.15) is 11.9 Å². The number of ether oxygens (including phenoxy) is 1. The van der Waals surface area contributed by atoms with Gasteiger partial charge in [0, 0.05) is 18.7 Å². The van der Waals surface area contributed by atoms with Crippen molar-refractivity contribution in [1.82, 2.24) is 14.9 Å². The van der Waals surface area contributed by atoms with Crippen LogP contribution in [0.3, 0.4) is 0 Å². The standard InChI is InChI=1S/C18H25N3O3/c1-11-9-13(22)16-14(11)15(19-10-20-16)12-5-7-21(8-6-12)17(23)24-18(2,3)4/h5,10-11,13,22H,6-9H2,1-4H3/t11-,13-/m1/s1. The molecule has 0 fully saturated rings. The van der Waals surface area contributed by atoms with E-state index in [4.69, 9.17) is 4.74 Å². The number of aliphatic hydroxyl groups excluding tert-OH is 1. The van der Waals surface area contributed by atoms with Crippen LogP contribution in [-0.4, -0.2) is 44.8 Å². The molecule has 0 bridgehead atoms. The lowest BCUT2D eigenvalue weighted by atomic mass is 9.95. The molecule has 6 heteroatoms. The maximum Gasteiger partial charge on any atom is 0.410 e. The Morgan fingerprint density at radius 1 is 1.38 bits per heavy atom. The van der Waals surface area contributed by atoms with Crippen molar-refractivity contribution < 1.29 is 14.6 Å². The Hall–Kier alpha value is -1.95. The Balaban J connectivity index is 1.79. The van der Waals surface area contributed by atoms with Crippen molar-refractivity contribution in [2.24, 2.45) is 0 Å². The molecule has 24 heavy (non-hydrogen) atoms. The average Bonchev–Trinajstić information content (AvgIpc) is 2.81. The highest BCUT2D eigenvalue weighted by atomic mass is 16.6. The van der Waals surface area contributed by atoms with Crippen LogP contribution in [-0.2, 0) is 4.74 Å². The Labute approximate surface area is 142 Å². The molecule has 0 saturated heterocycles. The summed E-state index contributed by atoms with van der Waals surface area (Å²) in [6, 6.07) is 0. The van der Waals surface area contributed by atoms with Crippen molar-refractivity contribution in [2.45, 2.75) is 58.2 Å². The molecule has 2 aliphatic rings. The SMILES string of the molecule is C[C@@H]1C[C@@H](O)c2ncnc(C3=CCN(C(=O)OC(C)(C)C)CC3)c21. The van der Waals surface area contributed by atoms with Crippen LogP contribution in [0.15, 0.2) is 12.4 Å². The molecule has 1 aliphatic heterocycles. The van der Waals surface area contributed by atoms with E-state index in [0.29, 0.717) is 19.5 Å². The van der Waals surface area contributed by atoms with Gasteiger partial charge in [-0.3, -0.25) is 0 Å². The fourth-order valence-corrected chi connectivity index (χ4v) is 3.36. The van der Waals surface area contributed by atoms with Gasteiger partial charge >= 0.3 is 6.09 Å². The first-order valence-corrected chi connectivity index (χ1v) is 8.46. The Bertz CT molecular complexity index is 679. The van der Waals surface area contributed by atoms with Crippen LogP contribution in [0.2, 0.25) is 0 Å². The van der Waals surface area contributed by atoms with E-state index in [-0.39, 0.29) is 12.0 Å². The monoisotopic (exact) mass is 331 g/mol. The number of aromatic nitrogens is 2. The van der Waals surface area contributed by atoms with Crippen molar-refractivity contribution in [3.05, 3.63) is 29.4 Å². The van der Waals surface area contributed by atoms with E-state index in [9.17, 15) is 9.90 Å². The number of hydrogen-bond donors (Lipinski definition) is 1. The maximum absolute atomic E-state index is 12.2. The number of rotatable bonds is 1. The van der Waals surface area contributed by atoms with Gasteiger partial charge < -0.3 is 14.7 Å². The van der Waals surface area contributed by atoms with E-state index in [1.54, 1.807) is 4.90 Å². The van der Waals surface area contributed by atoms with E-state index >= 15 is 0 Å². The quantitative estimate of drug-likeness (QED) is 0.856. The molecular formula is C18H25N3O3. The maximum atomic E-state index is 12.2. The molecular weight excluding hydrogens is 306 g/mol. The van der Waals surface area contributed by atoms with Gasteiger partial charge in [-0.05, 0) is 45.1 Å². The highest BCUT2D eigenvalue weighted by Gasteiger charge is 2.33. The zero-order valence-corrected chi connectivity index (χ0v) is 14.7. The highest BCUT2D eigenvalue weighted by Crippen LogP contribution is 2.42. The Morgan fingerprint density at radius 2 is 2.12 bits per heavy atom. The van der Waals surface area contributed by atoms with Crippen LogP contribution in [0.5, 0.6) is 0 Å². The lowest BCUT2D eigenvalue weighted by Crippen LogP contribution is -2.39. The molecule has 0 radical (unpaired) electrons. The summed E-state index contributed by atoms with van der Waals surface area (Å²) in [5.41, 5.74) is 3.37. The summed E-state index contributed by atoms with van der Waals surface area (Å²) in [7, 11) is 0. The second-order valence-electron chi connectivity index (χ2n) is 7.58. The molecule has 130 valence electrons. The topological polar surface area (TPSA) is 75.6 Å². The number of fused-ring (bicyclic) bond motifs is 1. The number of nitrogens with zero attached hydrogens (tertiary/aromatic N) is 3. The van der Waals surface area contributed by atoms with Crippen LogP contribution in [0.25, 0.3) is 5.57 Å². The molecule has 0 saturated carbocycles. The van der Waals surface area contributed by atoms with Gasteiger partial charge in [-0.15, -0.1) is 0 Å². The van der Waals surface area contributed by atoms with Crippen LogP contribution >= 0.6 is 0 Å². The number of hydrogen-bond acceptors (Lipinski definition) is 5. The first-order chi connectivity index (χ1) is 11.3. The molecule has 6 nitrogen and oxygen atoms in total. The summed E-state index contributed by atoms with van der Waals surface area (Å²) in [5.74, 6) is 0.246. The van der Waals surface area contributed by atoms with Crippen molar-refractivity contribution in [3.63, 3.8) is 0 Å².